The van der Waals surface area contributed by atoms with Crippen molar-refractivity contribution in [3.63, 3.8) is 0 Å². The van der Waals surface area contributed by atoms with E-state index in [9.17, 15) is 14.7 Å². The molecular weight excluding hydrogens is 322 g/mol. The summed E-state index contributed by atoms with van der Waals surface area (Å²) in [4.78, 5) is 28.3. The predicted molar refractivity (Wildman–Crippen MR) is 91.4 cm³/mol. The number of methoxy groups -OCH3 is 1. The summed E-state index contributed by atoms with van der Waals surface area (Å²) in [6, 6.07) is 6.23. The Morgan fingerprint density at radius 1 is 1.36 bits per heavy atom. The maximum atomic E-state index is 12.6. The summed E-state index contributed by atoms with van der Waals surface area (Å²) in [5.74, 6) is 0.375. The number of hydrogen-bond acceptors (Lipinski definition) is 5. The van der Waals surface area contributed by atoms with E-state index >= 15 is 0 Å². The molecule has 1 aliphatic carbocycles. The Hall–Kier alpha value is -2.67. The summed E-state index contributed by atoms with van der Waals surface area (Å²) < 4.78 is 6.44. The summed E-state index contributed by atoms with van der Waals surface area (Å²) in [7, 11) is 3.15. The van der Waals surface area contributed by atoms with Crippen LogP contribution in [-0.4, -0.2) is 33.8 Å². The van der Waals surface area contributed by atoms with Crippen LogP contribution in [-0.2, 0) is 7.05 Å². The van der Waals surface area contributed by atoms with Crippen molar-refractivity contribution < 1.29 is 14.6 Å². The van der Waals surface area contributed by atoms with Crippen LogP contribution < -0.4 is 15.6 Å². The van der Waals surface area contributed by atoms with Crippen LogP contribution in [0.3, 0.4) is 0 Å². The van der Waals surface area contributed by atoms with Gasteiger partial charge in [-0.15, -0.1) is 0 Å². The molecule has 0 aromatic carbocycles. The molecule has 0 radical (unpaired) electrons. The van der Waals surface area contributed by atoms with Crippen molar-refractivity contribution in [2.75, 3.05) is 7.11 Å². The Balaban J connectivity index is 1.82. The average Bonchev–Trinajstić information content (AvgIpc) is 2.59. The van der Waals surface area contributed by atoms with Crippen molar-refractivity contribution in [2.45, 2.75) is 25.0 Å². The lowest BCUT2D eigenvalue weighted by Gasteiger charge is -2.38. The number of aryl methyl sites for hydroxylation is 1. The van der Waals surface area contributed by atoms with Gasteiger partial charge in [0.15, 0.2) is 0 Å². The molecule has 2 heterocycles. The van der Waals surface area contributed by atoms with Crippen molar-refractivity contribution in [2.24, 2.45) is 13.0 Å². The van der Waals surface area contributed by atoms with E-state index in [2.05, 4.69) is 10.3 Å². The van der Waals surface area contributed by atoms with Crippen LogP contribution >= 0.6 is 0 Å². The van der Waals surface area contributed by atoms with Gasteiger partial charge in [0.05, 0.1) is 24.8 Å². The Kier molecular flexibility index (Phi) is 4.85. The fourth-order valence-corrected chi connectivity index (χ4v) is 3.02. The second-order valence-electron chi connectivity index (χ2n) is 6.34. The smallest absolute Gasteiger partial charge is 0.253 e. The Labute approximate surface area is 145 Å². The molecule has 0 saturated heterocycles. The van der Waals surface area contributed by atoms with Gasteiger partial charge >= 0.3 is 0 Å². The van der Waals surface area contributed by atoms with Gasteiger partial charge in [0.25, 0.3) is 5.91 Å². The van der Waals surface area contributed by atoms with Gasteiger partial charge in [0, 0.05) is 31.6 Å². The second-order valence-corrected chi connectivity index (χ2v) is 6.34. The van der Waals surface area contributed by atoms with Crippen LogP contribution in [0.1, 0.15) is 34.8 Å². The normalized spacial score (nSPS) is 20.4. The standard InChI is InChI=1S/C18H21N3O4/c1-21-10-12(4-6-16(21)23)18(24)20-17(13-7-14(22)8-13)11-3-5-15(25-2)19-9-11/h3-6,9-10,13-14,17,22H,7-8H2,1-2H3,(H,20,24)/t13?,14?,17-/m1/s1. The number of pyridine rings is 2. The van der Waals surface area contributed by atoms with E-state index in [1.165, 1.54) is 22.9 Å². The minimum Gasteiger partial charge on any atom is -0.481 e. The third-order valence-corrected chi connectivity index (χ3v) is 4.58. The van der Waals surface area contributed by atoms with Gasteiger partial charge in [-0.3, -0.25) is 9.59 Å². The molecule has 132 valence electrons. The molecule has 7 nitrogen and oxygen atoms in total. The lowest BCUT2D eigenvalue weighted by atomic mass is 9.75. The number of aromatic nitrogens is 2. The summed E-state index contributed by atoms with van der Waals surface area (Å²) >= 11 is 0. The van der Waals surface area contributed by atoms with Crippen molar-refractivity contribution in [3.05, 3.63) is 58.1 Å². The highest BCUT2D eigenvalue weighted by Gasteiger charge is 2.36. The molecule has 1 amide bonds. The number of carbonyl (C=O) groups is 1. The predicted octanol–water partition coefficient (Wildman–Crippen LogP) is 1.03. The van der Waals surface area contributed by atoms with Crippen LogP contribution in [0.4, 0.5) is 0 Å². The Bertz CT molecular complexity index is 810. The zero-order valence-corrected chi connectivity index (χ0v) is 14.2. The number of nitrogens with one attached hydrogen (secondary N) is 1. The molecule has 0 unspecified atom stereocenters. The molecule has 2 N–H and O–H groups in total. The summed E-state index contributed by atoms with van der Waals surface area (Å²) in [5.41, 5.74) is 1.10. The first-order valence-electron chi connectivity index (χ1n) is 8.13. The molecule has 1 fully saturated rings. The van der Waals surface area contributed by atoms with Crippen molar-refractivity contribution in [1.29, 1.82) is 0 Å². The zero-order chi connectivity index (χ0) is 18.0. The molecular formula is C18H21N3O4. The zero-order valence-electron chi connectivity index (χ0n) is 14.2. The quantitative estimate of drug-likeness (QED) is 0.846. The monoisotopic (exact) mass is 343 g/mol. The van der Waals surface area contributed by atoms with Crippen LogP contribution in [0.2, 0.25) is 0 Å². The first-order chi connectivity index (χ1) is 12.0. The average molecular weight is 343 g/mol. The van der Waals surface area contributed by atoms with E-state index in [0.717, 1.165) is 5.56 Å². The number of aliphatic hydroxyl groups excluding tert-OH is 1. The molecule has 2 aromatic rings. The molecule has 0 aliphatic heterocycles. The lowest BCUT2D eigenvalue weighted by Crippen LogP contribution is -2.41. The van der Waals surface area contributed by atoms with Crippen molar-refractivity contribution in [1.82, 2.24) is 14.9 Å². The van der Waals surface area contributed by atoms with E-state index in [4.69, 9.17) is 4.74 Å². The molecule has 1 aliphatic rings. The van der Waals surface area contributed by atoms with Crippen molar-refractivity contribution in [3.8, 4) is 5.88 Å². The van der Waals surface area contributed by atoms with Gasteiger partial charge in [-0.1, -0.05) is 6.07 Å². The van der Waals surface area contributed by atoms with E-state index < -0.39 is 0 Å². The van der Waals surface area contributed by atoms with Gasteiger partial charge in [0.2, 0.25) is 11.4 Å². The Morgan fingerprint density at radius 3 is 2.68 bits per heavy atom. The molecule has 7 heteroatoms. The largest absolute Gasteiger partial charge is 0.481 e. The van der Waals surface area contributed by atoms with Crippen LogP contribution in [0, 0.1) is 5.92 Å². The first kappa shape index (κ1) is 17.2. The highest BCUT2D eigenvalue weighted by Crippen LogP contribution is 2.38. The highest BCUT2D eigenvalue weighted by molar-refractivity contribution is 5.94. The molecule has 0 spiro atoms. The summed E-state index contributed by atoms with van der Waals surface area (Å²) in [6.45, 7) is 0. The van der Waals surface area contributed by atoms with Crippen LogP contribution in [0.5, 0.6) is 5.88 Å². The van der Waals surface area contributed by atoms with Gasteiger partial charge in [-0.25, -0.2) is 4.98 Å². The van der Waals surface area contributed by atoms with Crippen LogP contribution in [0.15, 0.2) is 41.5 Å². The van der Waals surface area contributed by atoms with Gasteiger partial charge in [0.1, 0.15) is 0 Å². The number of amides is 1. The fourth-order valence-electron chi connectivity index (χ4n) is 3.02. The molecule has 25 heavy (non-hydrogen) atoms. The number of rotatable bonds is 5. The SMILES string of the molecule is COc1ccc([C@@H](NC(=O)c2ccc(=O)n(C)c2)C2CC(O)C2)cn1. The van der Waals surface area contributed by atoms with E-state index in [1.54, 1.807) is 26.4 Å². The maximum absolute atomic E-state index is 12.6. The molecule has 1 atom stereocenters. The topological polar surface area (TPSA) is 93.5 Å². The van der Waals surface area contributed by atoms with E-state index in [1.807, 2.05) is 6.07 Å². The van der Waals surface area contributed by atoms with Gasteiger partial charge in [-0.2, -0.15) is 0 Å². The van der Waals surface area contributed by atoms with Gasteiger partial charge in [-0.05, 0) is 30.4 Å². The molecule has 3 rings (SSSR count). The third-order valence-electron chi connectivity index (χ3n) is 4.58. The van der Waals surface area contributed by atoms with E-state index in [-0.39, 0.29) is 29.5 Å². The number of hydrogen-bond donors (Lipinski definition) is 2. The first-order valence-corrected chi connectivity index (χ1v) is 8.13. The van der Waals surface area contributed by atoms with E-state index in [0.29, 0.717) is 24.3 Å². The molecule has 2 aromatic heterocycles. The number of ether oxygens (including phenoxy) is 1. The van der Waals surface area contributed by atoms with Crippen molar-refractivity contribution >= 4 is 5.91 Å². The minimum atomic E-state index is -0.326. The maximum Gasteiger partial charge on any atom is 0.253 e. The minimum absolute atomic E-state index is 0.140. The lowest BCUT2D eigenvalue weighted by molar-refractivity contribution is 0.0234. The number of nitrogens with zero attached hydrogens (tertiary/aromatic N) is 2. The summed E-state index contributed by atoms with van der Waals surface area (Å²) in [5, 5.41) is 12.6. The molecule has 0 bridgehead atoms. The fraction of sp³-hybridized carbons (Fsp3) is 0.389. The third kappa shape index (κ3) is 3.71. The summed E-state index contributed by atoms with van der Waals surface area (Å²) in [6.07, 6.45) is 4.12. The highest BCUT2D eigenvalue weighted by atomic mass is 16.5. The Morgan fingerprint density at radius 2 is 2.12 bits per heavy atom. The number of carbonyl (C=O) groups excluding carboxylic acids is 1. The number of aliphatic hydroxyl groups is 1. The molecule has 1 saturated carbocycles. The van der Waals surface area contributed by atoms with Crippen LogP contribution in [0.25, 0.3) is 0 Å². The second kappa shape index (κ2) is 7.06. The van der Waals surface area contributed by atoms with Gasteiger partial charge < -0.3 is 19.7 Å².